The van der Waals surface area contributed by atoms with Gasteiger partial charge in [-0.2, -0.15) is 11.8 Å². The lowest BCUT2D eigenvalue weighted by Crippen LogP contribution is -2.30. The predicted octanol–water partition coefficient (Wildman–Crippen LogP) is 2.78. The number of phenols is 1. The van der Waals surface area contributed by atoms with Crippen LogP contribution in [-0.4, -0.2) is 36.0 Å². The Bertz CT molecular complexity index is 406. The topological polar surface area (TPSA) is 40.5 Å². The highest BCUT2D eigenvalue weighted by Crippen LogP contribution is 2.25. The fraction of sp³-hybridized carbons (Fsp3) is 0.462. The van der Waals surface area contributed by atoms with Crippen LogP contribution >= 0.6 is 11.8 Å². The Morgan fingerprint density at radius 1 is 1.53 bits per heavy atom. The van der Waals surface area contributed by atoms with E-state index in [2.05, 4.69) is 18.1 Å². The zero-order valence-corrected chi connectivity index (χ0v) is 11.5. The minimum atomic E-state index is -0.117. The third-order valence-electron chi connectivity index (χ3n) is 2.84. The molecule has 0 saturated heterocycles. The van der Waals surface area contributed by atoms with Crippen LogP contribution < -0.4 is 4.90 Å². The molecular weight excluding hydrogens is 234 g/mol. The summed E-state index contributed by atoms with van der Waals surface area (Å²) in [5.41, 5.74) is 1.30. The van der Waals surface area contributed by atoms with E-state index in [0.29, 0.717) is 11.6 Å². The summed E-state index contributed by atoms with van der Waals surface area (Å²) >= 11 is 1.79. The first-order valence-corrected chi connectivity index (χ1v) is 6.92. The fourth-order valence-corrected chi connectivity index (χ4v) is 2.35. The van der Waals surface area contributed by atoms with Crippen molar-refractivity contribution in [2.24, 2.45) is 0 Å². The van der Waals surface area contributed by atoms with E-state index >= 15 is 0 Å². The molecule has 1 N–H and O–H groups in total. The van der Waals surface area contributed by atoms with Crippen molar-refractivity contribution in [2.45, 2.75) is 19.9 Å². The summed E-state index contributed by atoms with van der Waals surface area (Å²) in [7, 11) is 1.99. The standard InChI is InChI=1S/C13H19NO2S/c1-9(8-17-4)14(3)11-5-6-12(10(2)15)13(16)7-11/h5-7,9,16H,8H2,1-4H3. The number of hydrogen-bond acceptors (Lipinski definition) is 4. The maximum atomic E-state index is 11.2. The van der Waals surface area contributed by atoms with Crippen molar-refractivity contribution in [3.8, 4) is 5.75 Å². The van der Waals surface area contributed by atoms with Gasteiger partial charge in [0.25, 0.3) is 0 Å². The van der Waals surface area contributed by atoms with Crippen LogP contribution in [0.25, 0.3) is 0 Å². The number of benzene rings is 1. The first kappa shape index (κ1) is 13.9. The molecule has 0 amide bonds. The molecule has 0 aliphatic carbocycles. The Kier molecular flexibility index (Phi) is 4.87. The van der Waals surface area contributed by atoms with Gasteiger partial charge in [0, 0.05) is 30.6 Å². The molecule has 0 aliphatic heterocycles. The quantitative estimate of drug-likeness (QED) is 0.819. The van der Waals surface area contributed by atoms with Gasteiger partial charge in [0.2, 0.25) is 0 Å². The molecule has 1 aromatic rings. The van der Waals surface area contributed by atoms with Crippen molar-refractivity contribution < 1.29 is 9.90 Å². The minimum absolute atomic E-state index is 0.0539. The Labute approximate surface area is 107 Å². The maximum Gasteiger partial charge on any atom is 0.163 e. The summed E-state index contributed by atoms with van der Waals surface area (Å²) in [6.07, 6.45) is 2.07. The SMILES string of the molecule is CSCC(C)N(C)c1ccc(C(C)=O)c(O)c1. The summed E-state index contributed by atoms with van der Waals surface area (Å²) in [6.45, 7) is 3.58. The predicted molar refractivity (Wildman–Crippen MR) is 74.4 cm³/mol. The number of phenolic OH excluding ortho intramolecular Hbond substituents is 1. The normalized spacial score (nSPS) is 12.2. The Hall–Kier alpha value is -1.16. The first-order chi connectivity index (χ1) is 7.97. The number of nitrogens with zero attached hydrogens (tertiary/aromatic N) is 1. The lowest BCUT2D eigenvalue weighted by molar-refractivity contribution is 0.101. The van der Waals surface area contributed by atoms with Gasteiger partial charge in [-0.3, -0.25) is 4.79 Å². The van der Waals surface area contributed by atoms with Gasteiger partial charge in [-0.15, -0.1) is 0 Å². The van der Waals surface area contributed by atoms with Crippen LogP contribution in [0.3, 0.4) is 0 Å². The highest BCUT2D eigenvalue weighted by molar-refractivity contribution is 7.98. The van der Waals surface area contributed by atoms with E-state index in [1.807, 2.05) is 13.1 Å². The van der Waals surface area contributed by atoms with Gasteiger partial charge in [0.15, 0.2) is 5.78 Å². The van der Waals surface area contributed by atoms with Crippen molar-refractivity contribution in [3.63, 3.8) is 0 Å². The number of ketones is 1. The molecule has 0 aromatic heterocycles. The molecule has 1 rings (SSSR count). The molecule has 0 bridgehead atoms. The van der Waals surface area contributed by atoms with Crippen molar-refractivity contribution in [3.05, 3.63) is 23.8 Å². The van der Waals surface area contributed by atoms with Crippen LogP contribution in [0.2, 0.25) is 0 Å². The first-order valence-electron chi connectivity index (χ1n) is 5.53. The molecular formula is C13H19NO2S. The van der Waals surface area contributed by atoms with Gasteiger partial charge < -0.3 is 10.0 Å². The average Bonchev–Trinajstić information content (AvgIpc) is 2.27. The molecule has 0 spiro atoms. The summed E-state index contributed by atoms with van der Waals surface area (Å²) in [5.74, 6) is 0.957. The highest BCUT2D eigenvalue weighted by Gasteiger charge is 2.12. The van der Waals surface area contributed by atoms with Crippen molar-refractivity contribution in [1.82, 2.24) is 0 Å². The second-order valence-electron chi connectivity index (χ2n) is 4.17. The van der Waals surface area contributed by atoms with Crippen molar-refractivity contribution in [2.75, 3.05) is 24.0 Å². The van der Waals surface area contributed by atoms with E-state index in [1.54, 1.807) is 23.9 Å². The number of hydrogen-bond donors (Lipinski definition) is 1. The van der Waals surface area contributed by atoms with Crippen molar-refractivity contribution in [1.29, 1.82) is 0 Å². The monoisotopic (exact) mass is 253 g/mol. The van der Waals surface area contributed by atoms with Crippen LogP contribution in [0.4, 0.5) is 5.69 Å². The third-order valence-corrected chi connectivity index (χ3v) is 3.65. The van der Waals surface area contributed by atoms with Crippen LogP contribution in [0.15, 0.2) is 18.2 Å². The van der Waals surface area contributed by atoms with Gasteiger partial charge in [0.1, 0.15) is 5.75 Å². The summed E-state index contributed by atoms with van der Waals surface area (Å²) in [6, 6.07) is 5.57. The fourth-order valence-electron chi connectivity index (χ4n) is 1.64. The molecule has 3 nitrogen and oxygen atoms in total. The van der Waals surface area contributed by atoms with Crippen LogP contribution in [0.1, 0.15) is 24.2 Å². The van der Waals surface area contributed by atoms with Gasteiger partial charge in [-0.25, -0.2) is 0 Å². The van der Waals surface area contributed by atoms with Gasteiger partial charge in [-0.1, -0.05) is 0 Å². The lowest BCUT2D eigenvalue weighted by Gasteiger charge is -2.26. The van der Waals surface area contributed by atoms with E-state index in [-0.39, 0.29) is 11.5 Å². The Balaban J connectivity index is 2.93. The van der Waals surface area contributed by atoms with E-state index in [4.69, 9.17) is 0 Å². The second-order valence-corrected chi connectivity index (χ2v) is 5.08. The largest absolute Gasteiger partial charge is 0.507 e. The third kappa shape index (κ3) is 3.40. The molecule has 17 heavy (non-hydrogen) atoms. The van der Waals surface area contributed by atoms with Crippen LogP contribution in [-0.2, 0) is 0 Å². The molecule has 1 aromatic carbocycles. The van der Waals surface area contributed by atoms with Crippen LogP contribution in [0.5, 0.6) is 5.75 Å². The molecule has 1 atom stereocenters. The number of carbonyl (C=O) groups excluding carboxylic acids is 1. The molecule has 0 heterocycles. The minimum Gasteiger partial charge on any atom is -0.507 e. The maximum absolute atomic E-state index is 11.2. The summed E-state index contributed by atoms with van der Waals surface area (Å²) < 4.78 is 0. The number of Topliss-reactive ketones (excluding diaryl/α,β-unsaturated/α-hetero) is 1. The number of carbonyl (C=O) groups is 1. The lowest BCUT2D eigenvalue weighted by atomic mass is 10.1. The zero-order valence-electron chi connectivity index (χ0n) is 10.7. The Morgan fingerprint density at radius 2 is 2.18 bits per heavy atom. The summed E-state index contributed by atoms with van der Waals surface area (Å²) in [4.78, 5) is 13.3. The molecule has 94 valence electrons. The van der Waals surface area contributed by atoms with E-state index in [0.717, 1.165) is 11.4 Å². The zero-order chi connectivity index (χ0) is 13.0. The van der Waals surface area contributed by atoms with Gasteiger partial charge >= 0.3 is 0 Å². The van der Waals surface area contributed by atoms with E-state index in [1.165, 1.54) is 6.92 Å². The molecule has 1 unspecified atom stereocenters. The molecule has 4 heteroatoms. The number of rotatable bonds is 5. The van der Waals surface area contributed by atoms with E-state index < -0.39 is 0 Å². The van der Waals surface area contributed by atoms with Gasteiger partial charge in [-0.05, 0) is 32.2 Å². The number of anilines is 1. The molecule has 0 aliphatic rings. The number of thioether (sulfide) groups is 1. The molecule has 0 saturated carbocycles. The Morgan fingerprint density at radius 3 is 2.65 bits per heavy atom. The van der Waals surface area contributed by atoms with Gasteiger partial charge in [0.05, 0.1) is 5.56 Å². The van der Waals surface area contributed by atoms with E-state index in [9.17, 15) is 9.90 Å². The highest BCUT2D eigenvalue weighted by atomic mass is 32.2. The summed E-state index contributed by atoms with van der Waals surface area (Å²) in [5, 5.41) is 9.77. The van der Waals surface area contributed by atoms with Crippen molar-refractivity contribution >= 4 is 23.2 Å². The smallest absolute Gasteiger partial charge is 0.163 e. The molecule has 0 fully saturated rings. The molecule has 0 radical (unpaired) electrons. The second kappa shape index (κ2) is 5.96. The number of aromatic hydroxyl groups is 1. The van der Waals surface area contributed by atoms with Crippen LogP contribution in [0, 0.1) is 0 Å². The average molecular weight is 253 g/mol.